The molecule has 0 radical (unpaired) electrons. The molecular weight excluding hydrogens is 311 g/mol. The zero-order chi connectivity index (χ0) is 15.8. The second-order valence-electron chi connectivity index (χ2n) is 6.23. The first-order valence-corrected chi connectivity index (χ1v) is 7.65. The lowest BCUT2D eigenvalue weighted by atomic mass is 10.0. The van der Waals surface area contributed by atoms with Crippen molar-refractivity contribution in [2.24, 2.45) is 5.73 Å². The number of nitrogens with zero attached hydrogens (tertiary/aromatic N) is 1. The fourth-order valence-corrected chi connectivity index (χ4v) is 2.73. The smallest absolute Gasteiger partial charge is 0.410 e. The molecule has 0 unspecified atom stereocenters. The average molecular weight is 331 g/mol. The van der Waals surface area contributed by atoms with E-state index in [4.69, 9.17) is 33.7 Å². The molecule has 1 aliphatic rings. The number of benzene rings is 1. The molecule has 0 bridgehead atoms. The Kier molecular flexibility index (Phi) is 4.71. The highest BCUT2D eigenvalue weighted by Crippen LogP contribution is 2.35. The Labute approximate surface area is 135 Å². The minimum atomic E-state index is -0.535. The van der Waals surface area contributed by atoms with Gasteiger partial charge in [-0.25, -0.2) is 4.79 Å². The number of fused-ring (bicyclic) bond motifs is 1. The van der Waals surface area contributed by atoms with Crippen LogP contribution < -0.4 is 5.73 Å². The van der Waals surface area contributed by atoms with Crippen LogP contribution in [0, 0.1) is 0 Å². The first-order valence-electron chi connectivity index (χ1n) is 6.89. The monoisotopic (exact) mass is 330 g/mol. The van der Waals surface area contributed by atoms with Crippen molar-refractivity contribution in [2.45, 2.75) is 45.4 Å². The molecule has 0 aromatic heterocycles. The van der Waals surface area contributed by atoms with Crippen LogP contribution in [0.25, 0.3) is 0 Å². The summed E-state index contributed by atoms with van der Waals surface area (Å²) < 4.78 is 5.42. The molecule has 0 saturated carbocycles. The van der Waals surface area contributed by atoms with Crippen LogP contribution in [0.5, 0.6) is 0 Å². The normalized spacial score (nSPS) is 19.0. The second-order valence-corrected chi connectivity index (χ2v) is 7.01. The van der Waals surface area contributed by atoms with Gasteiger partial charge in [0.25, 0.3) is 0 Å². The molecule has 1 amide bonds. The summed E-state index contributed by atoms with van der Waals surface area (Å²) in [4.78, 5) is 13.9. The van der Waals surface area contributed by atoms with Crippen LogP contribution in [0.2, 0.25) is 10.0 Å². The van der Waals surface area contributed by atoms with Crippen molar-refractivity contribution in [3.63, 3.8) is 0 Å². The molecule has 1 heterocycles. The Morgan fingerprint density at radius 3 is 2.67 bits per heavy atom. The highest BCUT2D eigenvalue weighted by Gasteiger charge is 2.28. The molecule has 21 heavy (non-hydrogen) atoms. The number of ether oxygens (including phenoxy) is 1. The van der Waals surface area contributed by atoms with Gasteiger partial charge in [-0.05, 0) is 44.4 Å². The summed E-state index contributed by atoms with van der Waals surface area (Å²) in [6.07, 6.45) is 0.295. The van der Waals surface area contributed by atoms with Gasteiger partial charge in [-0.2, -0.15) is 0 Å². The van der Waals surface area contributed by atoms with Crippen molar-refractivity contribution in [3.05, 3.63) is 33.3 Å². The third-order valence-corrected chi connectivity index (χ3v) is 4.19. The number of hydrogen-bond donors (Lipinski definition) is 1. The molecule has 2 N–H and O–H groups in total. The summed E-state index contributed by atoms with van der Waals surface area (Å²) in [5.41, 5.74) is 7.38. The molecule has 2 rings (SSSR count). The van der Waals surface area contributed by atoms with E-state index in [-0.39, 0.29) is 12.1 Å². The van der Waals surface area contributed by atoms with E-state index < -0.39 is 5.60 Å². The van der Waals surface area contributed by atoms with Crippen LogP contribution in [0.15, 0.2) is 12.1 Å². The van der Waals surface area contributed by atoms with Crippen LogP contribution in [0.4, 0.5) is 4.79 Å². The van der Waals surface area contributed by atoms with Crippen LogP contribution in [0.3, 0.4) is 0 Å². The van der Waals surface area contributed by atoms with Crippen LogP contribution in [-0.2, 0) is 11.3 Å². The van der Waals surface area contributed by atoms with Crippen molar-refractivity contribution >= 4 is 29.3 Å². The molecule has 1 atom stereocenters. The molecule has 0 aliphatic carbocycles. The minimum Gasteiger partial charge on any atom is -0.444 e. The quantitative estimate of drug-likeness (QED) is 0.777. The van der Waals surface area contributed by atoms with E-state index in [1.165, 1.54) is 0 Å². The molecule has 0 saturated heterocycles. The number of rotatable bonds is 0. The molecule has 1 aromatic carbocycles. The van der Waals surface area contributed by atoms with Crippen molar-refractivity contribution in [1.29, 1.82) is 0 Å². The van der Waals surface area contributed by atoms with Crippen molar-refractivity contribution in [2.75, 3.05) is 6.54 Å². The van der Waals surface area contributed by atoms with E-state index in [2.05, 4.69) is 0 Å². The third kappa shape index (κ3) is 3.82. The second kappa shape index (κ2) is 6.03. The van der Waals surface area contributed by atoms with E-state index in [9.17, 15) is 4.79 Å². The van der Waals surface area contributed by atoms with Gasteiger partial charge in [0.1, 0.15) is 5.60 Å². The largest absolute Gasteiger partial charge is 0.444 e. The fraction of sp³-hybridized carbons (Fsp3) is 0.533. The predicted octanol–water partition coefficient (Wildman–Crippen LogP) is 4.13. The average Bonchev–Trinajstić information content (AvgIpc) is 2.52. The predicted molar refractivity (Wildman–Crippen MR) is 84.7 cm³/mol. The summed E-state index contributed by atoms with van der Waals surface area (Å²) in [6, 6.07) is 3.46. The summed E-state index contributed by atoms with van der Waals surface area (Å²) in [7, 11) is 0. The lowest BCUT2D eigenvalue weighted by Crippen LogP contribution is -2.36. The van der Waals surface area contributed by atoms with Gasteiger partial charge in [0.15, 0.2) is 0 Å². The number of amides is 1. The number of halogens is 2. The van der Waals surface area contributed by atoms with Crippen LogP contribution in [-0.4, -0.2) is 23.1 Å². The lowest BCUT2D eigenvalue weighted by Gasteiger charge is -2.26. The Bertz CT molecular complexity index is 555. The summed E-state index contributed by atoms with van der Waals surface area (Å²) in [5, 5.41) is 0.925. The molecule has 1 aliphatic heterocycles. The summed E-state index contributed by atoms with van der Waals surface area (Å²) in [5.74, 6) is 0. The topological polar surface area (TPSA) is 55.6 Å². The van der Waals surface area contributed by atoms with E-state index >= 15 is 0 Å². The van der Waals surface area contributed by atoms with E-state index in [0.717, 1.165) is 11.1 Å². The highest BCUT2D eigenvalue weighted by atomic mass is 35.5. The summed E-state index contributed by atoms with van der Waals surface area (Å²) in [6.45, 7) is 6.40. The molecule has 1 aromatic rings. The van der Waals surface area contributed by atoms with Gasteiger partial charge in [-0.3, -0.25) is 0 Å². The van der Waals surface area contributed by atoms with E-state index in [1.54, 1.807) is 11.0 Å². The molecular formula is C15H20Cl2N2O2. The number of carbonyl (C=O) groups excluding carboxylic acids is 1. The number of carbonyl (C=O) groups is 1. The Hall–Kier alpha value is -0.970. The third-order valence-electron chi connectivity index (χ3n) is 3.34. The first kappa shape index (κ1) is 16.4. The standard InChI is InChI=1S/C15H20Cl2N2O2/c1-15(2,3)21-14(20)19-7-6-12(18)9-4-5-11(16)13(17)10(9)8-19/h4-5,12H,6-8,18H2,1-3H3/t12-/m0/s1. The maximum absolute atomic E-state index is 12.3. The van der Waals surface area contributed by atoms with Gasteiger partial charge in [0.05, 0.1) is 16.6 Å². The van der Waals surface area contributed by atoms with E-state index in [1.807, 2.05) is 26.8 Å². The Balaban J connectivity index is 2.30. The zero-order valence-electron chi connectivity index (χ0n) is 12.5. The lowest BCUT2D eigenvalue weighted by molar-refractivity contribution is 0.0235. The fourth-order valence-electron chi connectivity index (χ4n) is 2.32. The molecule has 0 spiro atoms. The van der Waals surface area contributed by atoms with Crippen molar-refractivity contribution < 1.29 is 9.53 Å². The molecule has 6 heteroatoms. The SMILES string of the molecule is CC(C)(C)OC(=O)N1CC[C@H](N)c2ccc(Cl)c(Cl)c2C1. The Morgan fingerprint density at radius 1 is 1.38 bits per heavy atom. The van der Waals surface area contributed by atoms with Gasteiger partial charge in [0, 0.05) is 12.6 Å². The van der Waals surface area contributed by atoms with Gasteiger partial charge in [-0.15, -0.1) is 0 Å². The molecule has 116 valence electrons. The number of hydrogen-bond acceptors (Lipinski definition) is 3. The van der Waals surface area contributed by atoms with Gasteiger partial charge < -0.3 is 15.4 Å². The van der Waals surface area contributed by atoms with Gasteiger partial charge >= 0.3 is 6.09 Å². The first-order chi connectivity index (χ1) is 9.69. The molecule has 4 nitrogen and oxygen atoms in total. The van der Waals surface area contributed by atoms with Crippen LogP contribution >= 0.6 is 23.2 Å². The van der Waals surface area contributed by atoms with E-state index in [0.29, 0.717) is 29.6 Å². The van der Waals surface area contributed by atoms with Crippen molar-refractivity contribution in [3.8, 4) is 0 Å². The van der Waals surface area contributed by atoms with Gasteiger partial charge in [-0.1, -0.05) is 29.3 Å². The maximum atomic E-state index is 12.3. The van der Waals surface area contributed by atoms with Crippen LogP contribution in [0.1, 0.15) is 44.4 Å². The minimum absolute atomic E-state index is 0.165. The zero-order valence-corrected chi connectivity index (χ0v) is 14.0. The maximum Gasteiger partial charge on any atom is 0.410 e. The van der Waals surface area contributed by atoms with Gasteiger partial charge in [0.2, 0.25) is 0 Å². The highest BCUT2D eigenvalue weighted by molar-refractivity contribution is 6.42. The van der Waals surface area contributed by atoms with Crippen molar-refractivity contribution in [1.82, 2.24) is 4.90 Å². The molecule has 0 fully saturated rings. The Morgan fingerprint density at radius 2 is 2.05 bits per heavy atom. The summed E-state index contributed by atoms with van der Waals surface area (Å²) >= 11 is 12.4. The number of nitrogens with two attached hydrogens (primary N) is 1.